The second-order valence-corrected chi connectivity index (χ2v) is 7.32. The minimum Gasteiger partial charge on any atom is -0.454 e. The topological polar surface area (TPSA) is 94.5 Å². The highest BCUT2D eigenvalue weighted by atomic mass is 16.7. The van der Waals surface area contributed by atoms with Gasteiger partial charge in [0.2, 0.25) is 6.79 Å². The largest absolute Gasteiger partial charge is 0.454 e. The lowest BCUT2D eigenvalue weighted by Gasteiger charge is -2.17. The molecule has 1 aromatic carbocycles. The third kappa shape index (κ3) is 4.06. The molecule has 4 rings (SSSR count). The smallest absolute Gasteiger partial charge is 0.287 e. The number of aromatic nitrogens is 2. The Labute approximate surface area is 169 Å². The monoisotopic (exact) mass is 398 g/mol. The Hall–Kier alpha value is -3.03. The van der Waals surface area contributed by atoms with E-state index >= 15 is 0 Å². The molecule has 29 heavy (non-hydrogen) atoms. The molecule has 0 bridgehead atoms. The van der Waals surface area contributed by atoms with Crippen molar-refractivity contribution < 1.29 is 19.1 Å². The molecule has 0 saturated heterocycles. The molecule has 0 saturated carbocycles. The van der Waals surface area contributed by atoms with Crippen LogP contribution in [0.5, 0.6) is 11.5 Å². The van der Waals surface area contributed by atoms with Crippen LogP contribution < -0.4 is 20.1 Å². The Kier molecular flexibility index (Phi) is 5.69. The van der Waals surface area contributed by atoms with Crippen LogP contribution in [0, 0.1) is 0 Å². The van der Waals surface area contributed by atoms with Crippen LogP contribution in [0.15, 0.2) is 18.2 Å². The average Bonchev–Trinajstić information content (AvgIpc) is 3.36. The van der Waals surface area contributed by atoms with Crippen LogP contribution in [0.3, 0.4) is 0 Å². The van der Waals surface area contributed by atoms with Crippen LogP contribution in [0.4, 0.5) is 0 Å². The molecule has 0 radical (unpaired) electrons. The zero-order valence-electron chi connectivity index (χ0n) is 16.6. The third-order valence-corrected chi connectivity index (χ3v) is 5.24. The molecule has 0 fully saturated rings. The molecule has 0 spiro atoms. The number of carbonyl (C=O) groups excluding carboxylic acids is 2. The molecule has 8 nitrogen and oxygen atoms in total. The summed E-state index contributed by atoms with van der Waals surface area (Å²) in [5.41, 5.74) is 2.15. The lowest BCUT2D eigenvalue weighted by atomic mass is 10.1. The number of carbonyl (C=O) groups is 2. The number of fused-ring (bicyclic) bond motifs is 2. The summed E-state index contributed by atoms with van der Waals surface area (Å²) in [5, 5.41) is 5.82. The number of benzene rings is 1. The average molecular weight is 398 g/mol. The van der Waals surface area contributed by atoms with Crippen molar-refractivity contribution in [2.45, 2.75) is 52.1 Å². The first-order valence-corrected chi connectivity index (χ1v) is 10.2. The molecule has 8 heteroatoms. The maximum absolute atomic E-state index is 12.8. The van der Waals surface area contributed by atoms with Crippen molar-refractivity contribution in [3.63, 3.8) is 0 Å². The van der Waals surface area contributed by atoms with Crippen LogP contribution in [0.25, 0.3) is 0 Å². The van der Waals surface area contributed by atoms with E-state index in [0.29, 0.717) is 42.7 Å². The predicted molar refractivity (Wildman–Crippen MR) is 106 cm³/mol. The lowest BCUT2D eigenvalue weighted by Crippen LogP contribution is -2.27. The molecular weight excluding hydrogens is 372 g/mol. The van der Waals surface area contributed by atoms with E-state index in [-0.39, 0.29) is 18.6 Å². The van der Waals surface area contributed by atoms with Crippen molar-refractivity contribution in [1.82, 2.24) is 20.2 Å². The summed E-state index contributed by atoms with van der Waals surface area (Å²) in [6.07, 6.45) is 4.67. The van der Waals surface area contributed by atoms with Crippen molar-refractivity contribution in [3.05, 3.63) is 41.0 Å². The van der Waals surface area contributed by atoms with Gasteiger partial charge in [-0.1, -0.05) is 19.4 Å². The van der Waals surface area contributed by atoms with Gasteiger partial charge in [-0.15, -0.1) is 0 Å². The number of imidazole rings is 1. The summed E-state index contributed by atoms with van der Waals surface area (Å²) < 4.78 is 12.6. The van der Waals surface area contributed by atoms with Gasteiger partial charge >= 0.3 is 0 Å². The van der Waals surface area contributed by atoms with Crippen LogP contribution in [-0.2, 0) is 19.5 Å². The molecular formula is C21H26N4O4. The van der Waals surface area contributed by atoms with Gasteiger partial charge in [0, 0.05) is 19.6 Å². The van der Waals surface area contributed by atoms with E-state index < -0.39 is 0 Å². The Bertz CT molecular complexity index is 922. The fourth-order valence-electron chi connectivity index (χ4n) is 3.67. The highest BCUT2D eigenvalue weighted by Crippen LogP contribution is 2.32. The standard InChI is InChI=1S/C21H26N4O4/c1-2-3-9-22-20(26)18-15-6-4-5-10-25(15)19(24-18)21(27)23-12-14-7-8-16-17(11-14)29-13-28-16/h7-8,11H,2-6,9-10,12-13H2,1H3,(H,22,26)(H,23,27). The van der Waals surface area contributed by atoms with E-state index in [2.05, 4.69) is 22.5 Å². The third-order valence-electron chi connectivity index (χ3n) is 5.24. The van der Waals surface area contributed by atoms with E-state index in [1.54, 1.807) is 0 Å². The molecule has 2 aliphatic rings. The molecule has 0 aliphatic carbocycles. The van der Waals surface area contributed by atoms with Crippen molar-refractivity contribution >= 4 is 11.8 Å². The Balaban J connectivity index is 1.48. The molecule has 1 aromatic heterocycles. The highest BCUT2D eigenvalue weighted by Gasteiger charge is 2.27. The number of nitrogens with zero attached hydrogens (tertiary/aromatic N) is 2. The molecule has 154 valence electrons. The quantitative estimate of drug-likeness (QED) is 0.699. The zero-order valence-corrected chi connectivity index (χ0v) is 16.6. The molecule has 3 heterocycles. The summed E-state index contributed by atoms with van der Waals surface area (Å²) >= 11 is 0. The highest BCUT2D eigenvalue weighted by molar-refractivity contribution is 5.97. The van der Waals surface area contributed by atoms with Gasteiger partial charge in [-0.25, -0.2) is 4.98 Å². The number of amides is 2. The summed E-state index contributed by atoms with van der Waals surface area (Å²) in [6, 6.07) is 5.58. The Morgan fingerprint density at radius 2 is 2.00 bits per heavy atom. The number of hydrogen-bond acceptors (Lipinski definition) is 5. The lowest BCUT2D eigenvalue weighted by molar-refractivity contribution is 0.0934. The summed E-state index contributed by atoms with van der Waals surface area (Å²) in [7, 11) is 0. The zero-order chi connectivity index (χ0) is 20.2. The summed E-state index contributed by atoms with van der Waals surface area (Å²) in [5.74, 6) is 1.22. The number of rotatable bonds is 7. The molecule has 0 unspecified atom stereocenters. The second-order valence-electron chi connectivity index (χ2n) is 7.32. The Morgan fingerprint density at radius 1 is 1.14 bits per heavy atom. The summed E-state index contributed by atoms with van der Waals surface area (Å²) in [6.45, 7) is 3.96. The van der Waals surface area contributed by atoms with E-state index in [1.807, 2.05) is 22.8 Å². The van der Waals surface area contributed by atoms with Gasteiger partial charge in [-0.2, -0.15) is 0 Å². The SMILES string of the molecule is CCCCNC(=O)c1nc(C(=O)NCc2ccc3c(c2)OCO3)n2c1CCCC2. The Morgan fingerprint density at radius 3 is 2.86 bits per heavy atom. The van der Waals surface area contributed by atoms with Crippen LogP contribution in [0.1, 0.15) is 65.0 Å². The van der Waals surface area contributed by atoms with Gasteiger partial charge in [0.15, 0.2) is 17.3 Å². The maximum atomic E-state index is 12.8. The normalized spacial score (nSPS) is 14.4. The van der Waals surface area contributed by atoms with Crippen molar-refractivity contribution in [3.8, 4) is 11.5 Å². The second kappa shape index (κ2) is 8.55. The van der Waals surface area contributed by atoms with Gasteiger partial charge in [0.25, 0.3) is 11.8 Å². The van der Waals surface area contributed by atoms with Gasteiger partial charge < -0.3 is 24.7 Å². The first-order valence-electron chi connectivity index (χ1n) is 10.2. The van der Waals surface area contributed by atoms with E-state index in [1.165, 1.54) is 0 Å². The van der Waals surface area contributed by atoms with Crippen molar-refractivity contribution in [1.29, 1.82) is 0 Å². The fraction of sp³-hybridized carbons (Fsp3) is 0.476. The van der Waals surface area contributed by atoms with Crippen molar-refractivity contribution in [2.24, 2.45) is 0 Å². The molecule has 2 N–H and O–H groups in total. The fourth-order valence-corrected chi connectivity index (χ4v) is 3.67. The molecule has 0 atom stereocenters. The first-order chi connectivity index (χ1) is 14.2. The van der Waals surface area contributed by atoms with Gasteiger partial charge in [0.05, 0.1) is 5.69 Å². The molecule has 2 aromatic rings. The van der Waals surface area contributed by atoms with E-state index in [9.17, 15) is 9.59 Å². The number of hydrogen-bond donors (Lipinski definition) is 2. The minimum atomic E-state index is -0.279. The molecule has 2 amide bonds. The number of nitrogens with one attached hydrogen (secondary N) is 2. The maximum Gasteiger partial charge on any atom is 0.287 e. The molecule has 2 aliphatic heterocycles. The van der Waals surface area contributed by atoms with E-state index in [0.717, 1.165) is 43.4 Å². The van der Waals surface area contributed by atoms with Gasteiger partial charge in [-0.05, 0) is 43.4 Å². The number of unbranched alkanes of at least 4 members (excludes halogenated alkanes) is 1. The summed E-state index contributed by atoms with van der Waals surface area (Å²) in [4.78, 5) is 29.8. The number of ether oxygens (including phenoxy) is 2. The van der Waals surface area contributed by atoms with Crippen molar-refractivity contribution in [2.75, 3.05) is 13.3 Å². The van der Waals surface area contributed by atoms with Gasteiger partial charge in [0.1, 0.15) is 5.69 Å². The van der Waals surface area contributed by atoms with Gasteiger partial charge in [-0.3, -0.25) is 9.59 Å². The first kappa shape index (κ1) is 19.3. The van der Waals surface area contributed by atoms with Crippen LogP contribution in [0.2, 0.25) is 0 Å². The minimum absolute atomic E-state index is 0.195. The van der Waals surface area contributed by atoms with E-state index in [4.69, 9.17) is 9.47 Å². The van der Waals surface area contributed by atoms with Crippen LogP contribution >= 0.6 is 0 Å². The van der Waals surface area contributed by atoms with Crippen LogP contribution in [-0.4, -0.2) is 34.7 Å². The predicted octanol–water partition coefficient (Wildman–Crippen LogP) is 2.41.